The summed E-state index contributed by atoms with van der Waals surface area (Å²) in [7, 11) is 2.02. The Bertz CT molecular complexity index is 395. The van der Waals surface area contributed by atoms with E-state index >= 15 is 0 Å². The van der Waals surface area contributed by atoms with Crippen molar-refractivity contribution in [1.29, 1.82) is 0 Å². The lowest BCUT2D eigenvalue weighted by Crippen LogP contribution is -2.27. The molecule has 0 saturated heterocycles. The Morgan fingerprint density at radius 3 is 2.82 bits per heavy atom. The van der Waals surface area contributed by atoms with Crippen LogP contribution < -0.4 is 5.32 Å². The second kappa shape index (κ2) is 8.63. The summed E-state index contributed by atoms with van der Waals surface area (Å²) in [6.07, 6.45) is 2.08. The summed E-state index contributed by atoms with van der Waals surface area (Å²) in [6.45, 7) is 1.89. The fourth-order valence-electron chi connectivity index (χ4n) is 1.43. The van der Waals surface area contributed by atoms with Crippen LogP contribution in [-0.4, -0.2) is 18.8 Å². The number of halogens is 1. The smallest absolute Gasteiger partial charge is 0.0311 e. The minimum absolute atomic E-state index is 0.521. The lowest BCUT2D eigenvalue weighted by atomic mass is 10.2. The first kappa shape index (κ1) is 14.6. The molecule has 0 amide bonds. The van der Waals surface area contributed by atoms with Gasteiger partial charge in [0.05, 0.1) is 0 Å². The molecule has 17 heavy (non-hydrogen) atoms. The summed E-state index contributed by atoms with van der Waals surface area (Å²) in [4.78, 5) is 1.30. The standard InChI is InChI=1S/C14H18BrNS/c1-3-4-5-8-12(16-2)11-17-14-10-7-6-9-13(14)15/h6-7,9-10,12,16H,5,8,11H2,1-2H3. The number of hydrogen-bond acceptors (Lipinski definition) is 2. The molecule has 0 fully saturated rings. The molecule has 92 valence electrons. The molecule has 0 aliphatic rings. The lowest BCUT2D eigenvalue weighted by Gasteiger charge is -2.14. The molecule has 0 aliphatic heterocycles. The van der Waals surface area contributed by atoms with Crippen LogP contribution in [0.25, 0.3) is 0 Å². The maximum absolute atomic E-state index is 3.57. The SMILES string of the molecule is CC#CCCC(CSc1ccccc1Br)NC. The molecule has 1 nitrogen and oxygen atoms in total. The van der Waals surface area contributed by atoms with Gasteiger partial charge in [-0.1, -0.05) is 12.1 Å². The Balaban J connectivity index is 2.41. The van der Waals surface area contributed by atoms with Gasteiger partial charge in [0.15, 0.2) is 0 Å². The van der Waals surface area contributed by atoms with Crippen LogP contribution >= 0.6 is 27.7 Å². The minimum Gasteiger partial charge on any atom is -0.316 e. The highest BCUT2D eigenvalue weighted by Crippen LogP contribution is 2.27. The van der Waals surface area contributed by atoms with E-state index < -0.39 is 0 Å². The van der Waals surface area contributed by atoms with Gasteiger partial charge in [0.2, 0.25) is 0 Å². The van der Waals surface area contributed by atoms with Gasteiger partial charge in [-0.25, -0.2) is 0 Å². The van der Waals surface area contributed by atoms with E-state index in [9.17, 15) is 0 Å². The van der Waals surface area contributed by atoms with E-state index in [1.165, 1.54) is 9.37 Å². The summed E-state index contributed by atoms with van der Waals surface area (Å²) in [5, 5.41) is 3.35. The van der Waals surface area contributed by atoms with Gasteiger partial charge >= 0.3 is 0 Å². The van der Waals surface area contributed by atoms with Gasteiger partial charge in [0.1, 0.15) is 0 Å². The van der Waals surface area contributed by atoms with Gasteiger partial charge < -0.3 is 5.32 Å². The zero-order valence-electron chi connectivity index (χ0n) is 10.3. The summed E-state index contributed by atoms with van der Waals surface area (Å²) < 4.78 is 1.17. The third kappa shape index (κ3) is 5.63. The third-order valence-corrected chi connectivity index (χ3v) is 4.67. The van der Waals surface area contributed by atoms with Crippen molar-refractivity contribution < 1.29 is 0 Å². The first-order valence-corrected chi connectivity index (χ1v) is 7.50. The van der Waals surface area contributed by atoms with Crippen molar-refractivity contribution in [3.8, 4) is 11.8 Å². The van der Waals surface area contributed by atoms with E-state index in [2.05, 4.69) is 51.3 Å². The maximum atomic E-state index is 3.57. The van der Waals surface area contributed by atoms with Crippen LogP contribution in [0.3, 0.4) is 0 Å². The molecule has 0 aromatic heterocycles. The van der Waals surface area contributed by atoms with Gasteiger partial charge in [0, 0.05) is 27.6 Å². The van der Waals surface area contributed by atoms with E-state index in [0.29, 0.717) is 6.04 Å². The Kier molecular flexibility index (Phi) is 7.43. The predicted molar refractivity (Wildman–Crippen MR) is 80.4 cm³/mol. The molecule has 0 saturated carbocycles. The van der Waals surface area contributed by atoms with Crippen LogP contribution in [0.15, 0.2) is 33.6 Å². The number of thioether (sulfide) groups is 1. The van der Waals surface area contributed by atoms with Crippen molar-refractivity contribution in [2.45, 2.75) is 30.7 Å². The molecule has 1 N–H and O–H groups in total. The van der Waals surface area contributed by atoms with Crippen molar-refractivity contribution in [3.63, 3.8) is 0 Å². The van der Waals surface area contributed by atoms with Gasteiger partial charge in [-0.15, -0.1) is 23.6 Å². The minimum atomic E-state index is 0.521. The Hall–Kier alpha value is -0.430. The van der Waals surface area contributed by atoms with E-state index in [1.54, 1.807) is 0 Å². The van der Waals surface area contributed by atoms with Crippen LogP contribution in [0.4, 0.5) is 0 Å². The van der Waals surface area contributed by atoms with Crippen molar-refractivity contribution in [1.82, 2.24) is 5.32 Å². The molecule has 0 bridgehead atoms. The number of rotatable bonds is 6. The van der Waals surface area contributed by atoms with Crippen LogP contribution in [0.5, 0.6) is 0 Å². The van der Waals surface area contributed by atoms with Crippen molar-refractivity contribution in [2.75, 3.05) is 12.8 Å². The Morgan fingerprint density at radius 2 is 2.18 bits per heavy atom. The van der Waals surface area contributed by atoms with Crippen LogP contribution in [0.2, 0.25) is 0 Å². The van der Waals surface area contributed by atoms with E-state index in [-0.39, 0.29) is 0 Å². The van der Waals surface area contributed by atoms with Crippen LogP contribution in [0.1, 0.15) is 19.8 Å². The highest BCUT2D eigenvalue weighted by molar-refractivity contribution is 9.10. The van der Waals surface area contributed by atoms with Crippen LogP contribution in [-0.2, 0) is 0 Å². The van der Waals surface area contributed by atoms with Gasteiger partial charge in [-0.3, -0.25) is 0 Å². The van der Waals surface area contributed by atoms with Crippen LogP contribution in [0, 0.1) is 11.8 Å². The molecule has 3 heteroatoms. The van der Waals surface area contributed by atoms with E-state index in [0.717, 1.165) is 18.6 Å². The molecule has 1 aromatic rings. The van der Waals surface area contributed by atoms with Gasteiger partial charge in [-0.05, 0) is 48.5 Å². The molecule has 1 atom stereocenters. The largest absolute Gasteiger partial charge is 0.316 e. The molecule has 1 unspecified atom stereocenters. The second-order valence-electron chi connectivity index (χ2n) is 3.69. The summed E-state index contributed by atoms with van der Waals surface area (Å²) in [6, 6.07) is 8.87. The first-order chi connectivity index (χ1) is 8.27. The summed E-state index contributed by atoms with van der Waals surface area (Å²) in [5.41, 5.74) is 0. The fraction of sp³-hybridized carbons (Fsp3) is 0.429. The maximum Gasteiger partial charge on any atom is 0.0311 e. The van der Waals surface area contributed by atoms with Crippen molar-refractivity contribution in [2.24, 2.45) is 0 Å². The van der Waals surface area contributed by atoms with Crippen molar-refractivity contribution >= 4 is 27.7 Å². The van der Waals surface area contributed by atoms with Gasteiger partial charge in [-0.2, -0.15) is 0 Å². The number of nitrogens with one attached hydrogen (secondary N) is 1. The summed E-state index contributed by atoms with van der Waals surface area (Å²) in [5.74, 6) is 7.13. The predicted octanol–water partition coefficient (Wildman–Crippen LogP) is 3.93. The van der Waals surface area contributed by atoms with E-state index in [4.69, 9.17) is 0 Å². The quantitative estimate of drug-likeness (QED) is 0.631. The average Bonchev–Trinajstić information content (AvgIpc) is 2.35. The zero-order valence-corrected chi connectivity index (χ0v) is 12.7. The van der Waals surface area contributed by atoms with E-state index in [1.807, 2.05) is 31.8 Å². The first-order valence-electron chi connectivity index (χ1n) is 5.72. The molecule has 0 radical (unpaired) electrons. The second-order valence-corrected chi connectivity index (χ2v) is 5.61. The number of hydrogen-bond donors (Lipinski definition) is 1. The lowest BCUT2D eigenvalue weighted by molar-refractivity contribution is 0.582. The Labute approximate surface area is 117 Å². The van der Waals surface area contributed by atoms with Crippen molar-refractivity contribution in [3.05, 3.63) is 28.7 Å². The number of benzene rings is 1. The molecule has 1 aromatic carbocycles. The Morgan fingerprint density at radius 1 is 1.41 bits per heavy atom. The zero-order chi connectivity index (χ0) is 12.5. The third-order valence-electron chi connectivity index (χ3n) is 2.48. The molecular weight excluding hydrogens is 294 g/mol. The molecule has 0 spiro atoms. The topological polar surface area (TPSA) is 12.0 Å². The average molecular weight is 312 g/mol. The monoisotopic (exact) mass is 311 g/mol. The highest BCUT2D eigenvalue weighted by Gasteiger charge is 2.07. The summed E-state index contributed by atoms with van der Waals surface area (Å²) >= 11 is 5.45. The fourth-order valence-corrected chi connectivity index (χ4v) is 3.16. The molecule has 0 aliphatic carbocycles. The molecular formula is C14H18BrNS. The van der Waals surface area contributed by atoms with Gasteiger partial charge in [0.25, 0.3) is 0 Å². The highest BCUT2D eigenvalue weighted by atomic mass is 79.9. The molecule has 1 rings (SSSR count). The normalized spacial score (nSPS) is 11.7. The molecule has 0 heterocycles.